The molecule has 1 heterocycles. The molecule has 0 aliphatic carbocycles. The smallest absolute Gasteiger partial charge is 0.410 e. The third kappa shape index (κ3) is 2.21. The topological polar surface area (TPSA) is 46.6 Å². The summed E-state index contributed by atoms with van der Waals surface area (Å²) in [7, 11) is 0. The van der Waals surface area contributed by atoms with E-state index in [-0.39, 0.29) is 11.9 Å². The summed E-state index contributed by atoms with van der Waals surface area (Å²) in [6, 6.07) is 7.28. The second-order valence-corrected chi connectivity index (χ2v) is 3.79. The van der Waals surface area contributed by atoms with Crippen LogP contribution in [0.5, 0.6) is 0 Å². The highest BCUT2D eigenvalue weighted by molar-refractivity contribution is 5.94. The maximum atomic E-state index is 11.2. The first kappa shape index (κ1) is 10.7. The molecule has 0 aromatic heterocycles. The fraction of sp³-hybridized carbons (Fsp3) is 0.333. The first-order chi connectivity index (χ1) is 7.66. The van der Waals surface area contributed by atoms with Crippen molar-refractivity contribution in [2.24, 2.45) is 0 Å². The third-order valence-electron chi connectivity index (χ3n) is 2.58. The van der Waals surface area contributed by atoms with Gasteiger partial charge in [0, 0.05) is 12.1 Å². The van der Waals surface area contributed by atoms with Gasteiger partial charge in [0.1, 0.15) is 6.61 Å². The van der Waals surface area contributed by atoms with Crippen LogP contribution in [0.4, 0.5) is 4.79 Å². The molecule has 1 fully saturated rings. The summed E-state index contributed by atoms with van der Waals surface area (Å²) < 4.78 is 4.83. The van der Waals surface area contributed by atoms with E-state index in [1.54, 1.807) is 17.0 Å². The zero-order chi connectivity index (χ0) is 11.5. The Morgan fingerprint density at radius 2 is 2.06 bits per heavy atom. The van der Waals surface area contributed by atoms with Crippen molar-refractivity contribution in [1.29, 1.82) is 0 Å². The van der Waals surface area contributed by atoms with E-state index in [1.807, 2.05) is 12.1 Å². The van der Waals surface area contributed by atoms with Crippen LogP contribution in [0.1, 0.15) is 22.8 Å². The van der Waals surface area contributed by atoms with Crippen molar-refractivity contribution < 1.29 is 14.3 Å². The average molecular weight is 219 g/mol. The van der Waals surface area contributed by atoms with Crippen LogP contribution in [0, 0.1) is 0 Å². The number of cyclic esters (lactones) is 1. The molecule has 0 unspecified atom stereocenters. The van der Waals surface area contributed by atoms with E-state index in [2.05, 4.69) is 0 Å². The van der Waals surface area contributed by atoms with Crippen LogP contribution in [-0.2, 0) is 11.3 Å². The van der Waals surface area contributed by atoms with Crippen molar-refractivity contribution in [2.75, 3.05) is 13.2 Å². The molecule has 1 saturated heterocycles. The molecule has 16 heavy (non-hydrogen) atoms. The summed E-state index contributed by atoms with van der Waals surface area (Å²) in [6.45, 7) is 3.17. The Labute approximate surface area is 93.8 Å². The highest BCUT2D eigenvalue weighted by atomic mass is 16.6. The van der Waals surface area contributed by atoms with Crippen molar-refractivity contribution >= 4 is 11.9 Å². The van der Waals surface area contributed by atoms with Crippen molar-refractivity contribution in [1.82, 2.24) is 4.90 Å². The fourth-order valence-electron chi connectivity index (χ4n) is 1.63. The molecule has 2 rings (SSSR count). The van der Waals surface area contributed by atoms with Gasteiger partial charge in [0.25, 0.3) is 0 Å². The minimum absolute atomic E-state index is 0.0483. The normalized spacial score (nSPS) is 15.1. The van der Waals surface area contributed by atoms with Crippen LogP contribution in [0.15, 0.2) is 24.3 Å². The van der Waals surface area contributed by atoms with Gasteiger partial charge in [0.2, 0.25) is 0 Å². The molecule has 0 bridgehead atoms. The molecule has 1 amide bonds. The number of ether oxygens (including phenoxy) is 1. The highest BCUT2D eigenvalue weighted by Gasteiger charge is 2.21. The number of amides is 1. The van der Waals surface area contributed by atoms with Crippen LogP contribution in [0.2, 0.25) is 0 Å². The third-order valence-corrected chi connectivity index (χ3v) is 2.58. The Kier molecular flexibility index (Phi) is 2.90. The van der Waals surface area contributed by atoms with E-state index in [0.717, 1.165) is 5.56 Å². The van der Waals surface area contributed by atoms with Crippen molar-refractivity contribution in [3.05, 3.63) is 35.4 Å². The summed E-state index contributed by atoms with van der Waals surface area (Å²) in [5, 5.41) is 0. The van der Waals surface area contributed by atoms with Crippen LogP contribution >= 0.6 is 0 Å². The van der Waals surface area contributed by atoms with Gasteiger partial charge in [-0.15, -0.1) is 0 Å². The lowest BCUT2D eigenvalue weighted by molar-refractivity contribution is 0.101. The Hall–Kier alpha value is -1.84. The Balaban J connectivity index is 2.05. The van der Waals surface area contributed by atoms with E-state index in [9.17, 15) is 9.59 Å². The van der Waals surface area contributed by atoms with Crippen molar-refractivity contribution in [3.8, 4) is 0 Å². The van der Waals surface area contributed by atoms with Gasteiger partial charge in [0.05, 0.1) is 6.54 Å². The number of rotatable bonds is 3. The number of nitrogens with zero attached hydrogens (tertiary/aromatic N) is 1. The second-order valence-electron chi connectivity index (χ2n) is 3.79. The molecule has 4 heteroatoms. The molecular formula is C12H13NO3. The first-order valence-electron chi connectivity index (χ1n) is 5.18. The minimum atomic E-state index is -0.268. The van der Waals surface area contributed by atoms with E-state index >= 15 is 0 Å². The van der Waals surface area contributed by atoms with Gasteiger partial charge in [-0.3, -0.25) is 4.79 Å². The number of carbonyl (C=O) groups is 2. The van der Waals surface area contributed by atoms with Gasteiger partial charge in [-0.1, -0.05) is 24.3 Å². The van der Waals surface area contributed by atoms with Crippen LogP contribution < -0.4 is 0 Å². The lowest BCUT2D eigenvalue weighted by atomic mass is 10.1. The first-order valence-corrected chi connectivity index (χ1v) is 5.18. The quantitative estimate of drug-likeness (QED) is 0.729. The number of hydrogen-bond donors (Lipinski definition) is 0. The maximum absolute atomic E-state index is 11.2. The summed E-state index contributed by atoms with van der Waals surface area (Å²) in [6.07, 6.45) is -0.268. The summed E-state index contributed by atoms with van der Waals surface area (Å²) in [5.74, 6) is 0.0483. The Morgan fingerprint density at radius 1 is 1.38 bits per heavy atom. The predicted molar refractivity (Wildman–Crippen MR) is 58.2 cm³/mol. The number of hydrogen-bond acceptors (Lipinski definition) is 3. The largest absolute Gasteiger partial charge is 0.448 e. The lowest BCUT2D eigenvalue weighted by Crippen LogP contribution is -2.23. The molecule has 0 spiro atoms. The standard InChI is InChI=1S/C12H13NO3/c1-9(14)11-4-2-10(3-5-11)8-13-6-7-16-12(13)15/h2-5H,6-8H2,1H3. The Bertz CT molecular complexity index is 411. The molecule has 1 aliphatic heterocycles. The van der Waals surface area contributed by atoms with E-state index in [4.69, 9.17) is 4.74 Å². The SMILES string of the molecule is CC(=O)c1ccc(CN2CCOC2=O)cc1. The van der Waals surface area contributed by atoms with E-state index in [1.165, 1.54) is 6.92 Å². The molecular weight excluding hydrogens is 206 g/mol. The zero-order valence-electron chi connectivity index (χ0n) is 9.10. The van der Waals surface area contributed by atoms with Gasteiger partial charge >= 0.3 is 6.09 Å². The summed E-state index contributed by atoms with van der Waals surface area (Å²) in [5.41, 5.74) is 1.69. The monoisotopic (exact) mass is 219 g/mol. The van der Waals surface area contributed by atoms with Gasteiger partial charge < -0.3 is 9.64 Å². The minimum Gasteiger partial charge on any atom is -0.448 e. The molecule has 0 N–H and O–H groups in total. The summed E-state index contributed by atoms with van der Waals surface area (Å²) in [4.78, 5) is 23.9. The number of benzene rings is 1. The van der Waals surface area contributed by atoms with Crippen molar-refractivity contribution in [3.63, 3.8) is 0 Å². The van der Waals surface area contributed by atoms with Crippen molar-refractivity contribution in [2.45, 2.75) is 13.5 Å². The molecule has 1 aromatic carbocycles. The van der Waals surface area contributed by atoms with Gasteiger partial charge in [0.15, 0.2) is 5.78 Å². The number of Topliss-reactive ketones (excluding diaryl/α,β-unsaturated/α-hetero) is 1. The molecule has 0 saturated carbocycles. The van der Waals surface area contributed by atoms with Gasteiger partial charge in [-0.25, -0.2) is 4.79 Å². The van der Waals surface area contributed by atoms with Gasteiger partial charge in [-0.2, -0.15) is 0 Å². The van der Waals surface area contributed by atoms with E-state index < -0.39 is 0 Å². The van der Waals surface area contributed by atoms with Crippen LogP contribution in [-0.4, -0.2) is 29.9 Å². The second kappa shape index (κ2) is 4.35. The van der Waals surface area contributed by atoms with Crippen LogP contribution in [0.3, 0.4) is 0 Å². The molecule has 0 radical (unpaired) electrons. The van der Waals surface area contributed by atoms with Crippen LogP contribution in [0.25, 0.3) is 0 Å². The number of ketones is 1. The molecule has 4 nitrogen and oxygen atoms in total. The fourth-order valence-corrected chi connectivity index (χ4v) is 1.63. The average Bonchev–Trinajstić information content (AvgIpc) is 2.65. The van der Waals surface area contributed by atoms with E-state index in [0.29, 0.717) is 25.3 Å². The molecule has 1 aromatic rings. The summed E-state index contributed by atoms with van der Waals surface area (Å²) >= 11 is 0. The van der Waals surface area contributed by atoms with Gasteiger partial charge in [-0.05, 0) is 12.5 Å². The highest BCUT2D eigenvalue weighted by Crippen LogP contribution is 2.11. The Morgan fingerprint density at radius 3 is 2.56 bits per heavy atom. The predicted octanol–water partition coefficient (Wildman–Crippen LogP) is 1.84. The zero-order valence-corrected chi connectivity index (χ0v) is 9.10. The molecule has 84 valence electrons. The lowest BCUT2D eigenvalue weighted by Gasteiger charge is -2.12. The molecule has 1 aliphatic rings. The molecule has 0 atom stereocenters. The maximum Gasteiger partial charge on any atom is 0.410 e. The number of carbonyl (C=O) groups excluding carboxylic acids is 2.